The first-order valence-corrected chi connectivity index (χ1v) is 8.63. The summed E-state index contributed by atoms with van der Waals surface area (Å²) in [5, 5.41) is 2.61. The van der Waals surface area contributed by atoms with Crippen molar-refractivity contribution >= 4 is 18.2 Å². The molecule has 1 aromatic rings. The molecule has 7 heteroatoms. The highest BCUT2D eigenvalue weighted by molar-refractivity contribution is 5.77. The third-order valence-corrected chi connectivity index (χ3v) is 3.89. The number of amides is 2. The Kier molecular flexibility index (Phi) is 6.01. The molecule has 0 unspecified atom stereocenters. The zero-order valence-electron chi connectivity index (χ0n) is 16.6. The van der Waals surface area contributed by atoms with Crippen LogP contribution in [0.5, 0.6) is 5.75 Å². The first kappa shape index (κ1) is 20.6. The highest BCUT2D eigenvalue weighted by atomic mass is 16.6. The molecule has 0 bridgehead atoms. The van der Waals surface area contributed by atoms with E-state index in [1.165, 1.54) is 4.90 Å². The van der Waals surface area contributed by atoms with Crippen LogP contribution in [0.3, 0.4) is 0 Å². The molecule has 1 atom stereocenters. The van der Waals surface area contributed by atoms with E-state index in [1.807, 2.05) is 20.8 Å². The number of hydrogen-bond acceptors (Lipinski definition) is 5. The van der Waals surface area contributed by atoms with Crippen LogP contribution in [0.25, 0.3) is 0 Å². The maximum absolute atomic E-state index is 12.6. The molecule has 1 aliphatic rings. The Balaban J connectivity index is 2.31. The minimum atomic E-state index is -0.828. The lowest BCUT2D eigenvalue weighted by atomic mass is 10.1. The molecule has 0 saturated carbocycles. The van der Waals surface area contributed by atoms with Crippen molar-refractivity contribution in [3.63, 3.8) is 0 Å². The van der Waals surface area contributed by atoms with Crippen LogP contribution in [0, 0.1) is 11.8 Å². The lowest BCUT2D eigenvalue weighted by Gasteiger charge is -2.33. The van der Waals surface area contributed by atoms with Crippen LogP contribution in [0.2, 0.25) is 0 Å². The summed E-state index contributed by atoms with van der Waals surface area (Å²) in [5.74, 6) is 6.68. The van der Waals surface area contributed by atoms with Crippen molar-refractivity contribution in [3.05, 3.63) is 23.8 Å². The molecule has 7 nitrogen and oxygen atoms in total. The summed E-state index contributed by atoms with van der Waals surface area (Å²) in [4.78, 5) is 25.0. The molecule has 1 aliphatic heterocycles. The van der Waals surface area contributed by atoms with Gasteiger partial charge in [-0.25, -0.2) is 4.79 Å². The van der Waals surface area contributed by atoms with Crippen molar-refractivity contribution < 1.29 is 23.8 Å². The fourth-order valence-electron chi connectivity index (χ4n) is 2.67. The Morgan fingerprint density at radius 3 is 2.70 bits per heavy atom. The van der Waals surface area contributed by atoms with Crippen molar-refractivity contribution in [2.45, 2.75) is 52.0 Å². The van der Waals surface area contributed by atoms with Gasteiger partial charge < -0.3 is 19.5 Å². The molecule has 1 saturated heterocycles. The van der Waals surface area contributed by atoms with Crippen molar-refractivity contribution in [3.8, 4) is 17.6 Å². The first-order valence-electron chi connectivity index (χ1n) is 8.63. The van der Waals surface area contributed by atoms with Crippen LogP contribution < -0.4 is 10.1 Å². The summed E-state index contributed by atoms with van der Waals surface area (Å²) in [7, 11) is 1.54. The Morgan fingerprint density at radius 1 is 1.41 bits per heavy atom. The van der Waals surface area contributed by atoms with E-state index >= 15 is 0 Å². The van der Waals surface area contributed by atoms with Gasteiger partial charge in [-0.3, -0.25) is 9.69 Å². The molecular weight excluding hydrogens is 348 g/mol. The summed E-state index contributed by atoms with van der Waals surface area (Å²) < 4.78 is 16.4. The normalized spacial score (nSPS) is 18.3. The number of methoxy groups -OCH3 is 1. The van der Waals surface area contributed by atoms with Crippen LogP contribution in [0.15, 0.2) is 18.2 Å². The van der Waals surface area contributed by atoms with Crippen molar-refractivity contribution in [1.29, 1.82) is 0 Å². The number of anilines is 1. The fourth-order valence-corrected chi connectivity index (χ4v) is 2.67. The first-order chi connectivity index (χ1) is 12.6. The molecule has 2 amide bonds. The van der Waals surface area contributed by atoms with E-state index < -0.39 is 23.5 Å². The molecule has 0 radical (unpaired) electrons. The molecular formula is C20H26N2O5. The van der Waals surface area contributed by atoms with Crippen molar-refractivity contribution in [1.82, 2.24) is 4.90 Å². The Hall–Kier alpha value is -2.72. The van der Waals surface area contributed by atoms with Gasteiger partial charge in [-0.05, 0) is 46.8 Å². The van der Waals surface area contributed by atoms with Crippen LogP contribution in [0.1, 0.15) is 40.2 Å². The van der Waals surface area contributed by atoms with Gasteiger partial charge in [-0.2, -0.15) is 0 Å². The minimum absolute atomic E-state index is 0.270. The number of ether oxygens (including phenoxy) is 3. The number of rotatable bonds is 3. The number of benzene rings is 1. The lowest BCUT2D eigenvalue weighted by molar-refractivity contribution is -0.105. The predicted molar refractivity (Wildman–Crippen MR) is 101 cm³/mol. The molecule has 27 heavy (non-hydrogen) atoms. The molecule has 1 fully saturated rings. The Labute approximate surface area is 160 Å². The smallest absolute Gasteiger partial charge is 0.413 e. The van der Waals surface area contributed by atoms with E-state index in [0.29, 0.717) is 23.4 Å². The van der Waals surface area contributed by atoms with Gasteiger partial charge in [0.25, 0.3) is 0 Å². The zero-order chi connectivity index (χ0) is 20.2. The number of carbonyl (C=O) groups excluding carboxylic acids is 2. The van der Waals surface area contributed by atoms with Crippen molar-refractivity contribution in [2.24, 2.45) is 0 Å². The van der Waals surface area contributed by atoms with Gasteiger partial charge >= 0.3 is 6.09 Å². The average molecular weight is 374 g/mol. The Morgan fingerprint density at radius 2 is 2.11 bits per heavy atom. The second-order valence-corrected chi connectivity index (χ2v) is 7.57. The van der Waals surface area contributed by atoms with Crippen LogP contribution in [-0.2, 0) is 14.3 Å². The third-order valence-electron chi connectivity index (χ3n) is 3.89. The number of hydrogen-bond donors (Lipinski definition) is 1. The van der Waals surface area contributed by atoms with E-state index in [4.69, 9.17) is 14.2 Å². The van der Waals surface area contributed by atoms with E-state index in [-0.39, 0.29) is 6.61 Å². The van der Waals surface area contributed by atoms with Crippen molar-refractivity contribution in [2.75, 3.05) is 19.0 Å². The maximum Gasteiger partial charge on any atom is 0.413 e. The van der Waals surface area contributed by atoms with Gasteiger partial charge in [0.15, 0.2) is 0 Å². The molecule has 0 aromatic heterocycles. The monoisotopic (exact) mass is 374 g/mol. The van der Waals surface area contributed by atoms with Gasteiger partial charge in [0.05, 0.1) is 19.4 Å². The zero-order valence-corrected chi connectivity index (χ0v) is 16.6. The fraction of sp³-hybridized carbons (Fsp3) is 0.500. The molecule has 2 rings (SSSR count). The standard InChI is InChI=1S/C20H26N2O5/c1-19(2,3)27-18(24)22-15(12-26-20(22,4)5)9-7-14-8-10-16(25-6)11-17(14)21-13-23/h8,10-11,13,15H,12H2,1-6H3,(H,21,23)/t15-/m0/s1. The lowest BCUT2D eigenvalue weighted by Crippen LogP contribution is -2.49. The van der Waals surface area contributed by atoms with E-state index in [0.717, 1.165) is 0 Å². The number of carbonyl (C=O) groups is 2. The molecule has 1 N–H and O–H groups in total. The number of nitrogens with one attached hydrogen (secondary N) is 1. The molecule has 0 spiro atoms. The third kappa shape index (κ3) is 5.14. The van der Waals surface area contributed by atoms with Crippen LogP contribution >= 0.6 is 0 Å². The highest BCUT2D eigenvalue weighted by Crippen LogP contribution is 2.29. The van der Waals surface area contributed by atoms with Gasteiger partial charge in [0.2, 0.25) is 6.41 Å². The summed E-state index contributed by atoms with van der Waals surface area (Å²) in [5.41, 5.74) is -0.313. The van der Waals surface area contributed by atoms with E-state index in [1.54, 1.807) is 39.2 Å². The molecule has 1 aromatic carbocycles. The average Bonchev–Trinajstić information content (AvgIpc) is 2.87. The maximum atomic E-state index is 12.6. The largest absolute Gasteiger partial charge is 0.497 e. The van der Waals surface area contributed by atoms with Gasteiger partial charge in [0.1, 0.15) is 23.1 Å². The summed E-state index contributed by atoms with van der Waals surface area (Å²) in [6.45, 7) is 9.29. The number of nitrogens with zero attached hydrogens (tertiary/aromatic N) is 1. The van der Waals surface area contributed by atoms with E-state index in [2.05, 4.69) is 17.2 Å². The van der Waals surface area contributed by atoms with E-state index in [9.17, 15) is 9.59 Å². The summed E-state index contributed by atoms with van der Waals surface area (Å²) >= 11 is 0. The minimum Gasteiger partial charge on any atom is -0.497 e. The molecule has 1 heterocycles. The van der Waals surface area contributed by atoms with Crippen LogP contribution in [-0.4, -0.2) is 48.5 Å². The predicted octanol–water partition coefficient (Wildman–Crippen LogP) is 2.99. The van der Waals surface area contributed by atoms with Gasteiger partial charge in [-0.1, -0.05) is 11.8 Å². The van der Waals surface area contributed by atoms with Gasteiger partial charge in [0, 0.05) is 11.6 Å². The highest BCUT2D eigenvalue weighted by Gasteiger charge is 2.45. The Bertz CT molecular complexity index is 771. The quantitative estimate of drug-likeness (QED) is 0.650. The summed E-state index contributed by atoms with van der Waals surface area (Å²) in [6, 6.07) is 4.71. The SMILES string of the molecule is COc1ccc(C#C[C@H]2COC(C)(C)N2C(=O)OC(C)(C)C)c(NC=O)c1. The van der Waals surface area contributed by atoms with Crippen LogP contribution in [0.4, 0.5) is 10.5 Å². The topological polar surface area (TPSA) is 77.1 Å². The second kappa shape index (κ2) is 7.89. The van der Waals surface area contributed by atoms with Gasteiger partial charge in [-0.15, -0.1) is 0 Å². The molecule has 0 aliphatic carbocycles. The summed E-state index contributed by atoms with van der Waals surface area (Å²) in [6.07, 6.45) is 0.0969. The molecule has 146 valence electrons. The second-order valence-electron chi connectivity index (χ2n) is 7.57.